The average Bonchev–Trinajstić information content (AvgIpc) is 3.93. The van der Waals surface area contributed by atoms with Crippen LogP contribution in [0.25, 0.3) is 116 Å². The number of hydrogen-bond acceptors (Lipinski definition) is 2. The van der Waals surface area contributed by atoms with E-state index in [0.29, 0.717) is 0 Å². The molecule has 0 fully saturated rings. The topological polar surface area (TPSA) is 31.2 Å². The van der Waals surface area contributed by atoms with Gasteiger partial charge in [-0.25, -0.2) is 0 Å². The Morgan fingerprint density at radius 3 is 1.64 bits per heavy atom. The minimum atomic E-state index is 0.802. The molecule has 0 N–H and O–H groups in total. The van der Waals surface area contributed by atoms with Crippen molar-refractivity contribution >= 4 is 76.3 Å². The van der Waals surface area contributed by atoms with Gasteiger partial charge in [-0.3, -0.25) is 0 Å². The lowest BCUT2D eigenvalue weighted by Crippen LogP contribution is -1.94. The maximum absolute atomic E-state index is 6.94. The lowest BCUT2D eigenvalue weighted by Gasteiger charge is -2.19. The van der Waals surface area contributed by atoms with Crippen LogP contribution in [0.3, 0.4) is 0 Å². The van der Waals surface area contributed by atoms with Crippen molar-refractivity contribution < 1.29 is 8.83 Å². The largest absolute Gasteiger partial charge is 0.455 e. The van der Waals surface area contributed by atoms with E-state index in [1.54, 1.807) is 0 Å². The van der Waals surface area contributed by atoms with Crippen molar-refractivity contribution in [1.29, 1.82) is 0 Å². The number of hydrogen-bond donors (Lipinski definition) is 0. The van der Waals surface area contributed by atoms with Gasteiger partial charge in [0.1, 0.15) is 22.5 Å². The number of fused-ring (bicyclic) bond motifs is 10. The summed E-state index contributed by atoms with van der Waals surface area (Å²) in [6, 6.07) is 67.1. The number of aromatic nitrogens is 1. The van der Waals surface area contributed by atoms with Crippen molar-refractivity contribution in [3.05, 3.63) is 188 Å². The van der Waals surface area contributed by atoms with Gasteiger partial charge >= 0.3 is 0 Å². The maximum atomic E-state index is 6.94. The molecular formula is C52H31NO2. The van der Waals surface area contributed by atoms with Crippen LogP contribution in [0.1, 0.15) is 0 Å². The van der Waals surface area contributed by atoms with Crippen molar-refractivity contribution in [3.63, 3.8) is 0 Å². The molecule has 3 aromatic heterocycles. The van der Waals surface area contributed by atoms with Gasteiger partial charge < -0.3 is 13.4 Å². The zero-order valence-electron chi connectivity index (χ0n) is 29.7. The molecule has 0 radical (unpaired) electrons. The molecule has 0 atom stereocenters. The monoisotopic (exact) mass is 701 g/mol. The van der Waals surface area contributed by atoms with Crippen LogP contribution in [-0.2, 0) is 0 Å². The first-order valence-corrected chi connectivity index (χ1v) is 18.8. The second-order valence-electron chi connectivity index (χ2n) is 14.3. The summed E-state index contributed by atoms with van der Waals surface area (Å²) in [5.41, 5.74) is 11.7. The van der Waals surface area contributed by atoms with Crippen molar-refractivity contribution in [2.45, 2.75) is 0 Å². The third-order valence-electron chi connectivity index (χ3n) is 11.4. The van der Waals surface area contributed by atoms with Gasteiger partial charge in [0.2, 0.25) is 0 Å². The summed E-state index contributed by atoms with van der Waals surface area (Å²) >= 11 is 0. The fourth-order valence-electron chi connectivity index (χ4n) is 9.17. The first-order chi connectivity index (χ1) is 27.3. The number of rotatable bonds is 4. The Balaban J connectivity index is 1.26. The Bertz CT molecular complexity index is 3420. The number of nitrogens with zero attached hydrogens (tertiary/aromatic N) is 1. The van der Waals surface area contributed by atoms with Crippen LogP contribution >= 0.6 is 0 Å². The van der Waals surface area contributed by atoms with Crippen LogP contribution in [0.15, 0.2) is 197 Å². The number of furan rings is 2. The molecule has 256 valence electrons. The molecule has 12 rings (SSSR count). The fraction of sp³-hybridized carbons (Fsp3) is 0. The lowest BCUT2D eigenvalue weighted by molar-refractivity contribution is 0.631. The molecule has 12 aromatic rings. The van der Waals surface area contributed by atoms with E-state index in [-0.39, 0.29) is 0 Å². The molecule has 0 unspecified atom stereocenters. The summed E-state index contributed by atoms with van der Waals surface area (Å²) < 4.78 is 16.1. The van der Waals surface area contributed by atoms with Gasteiger partial charge in [-0.05, 0) is 75.1 Å². The molecule has 55 heavy (non-hydrogen) atoms. The zero-order chi connectivity index (χ0) is 36.0. The summed E-state index contributed by atoms with van der Waals surface area (Å²) in [6.07, 6.45) is 0. The Kier molecular flexibility index (Phi) is 6.34. The molecule has 0 spiro atoms. The molecule has 0 saturated heterocycles. The molecule has 0 aliphatic heterocycles. The normalized spacial score (nSPS) is 12.0. The Morgan fingerprint density at radius 1 is 0.327 bits per heavy atom. The van der Waals surface area contributed by atoms with Crippen molar-refractivity contribution in [2.24, 2.45) is 0 Å². The lowest BCUT2D eigenvalue weighted by atomic mass is 9.83. The Morgan fingerprint density at radius 2 is 0.909 bits per heavy atom. The third kappa shape index (κ3) is 4.26. The van der Waals surface area contributed by atoms with Crippen molar-refractivity contribution in [2.75, 3.05) is 0 Å². The highest BCUT2D eigenvalue weighted by atomic mass is 16.3. The molecule has 3 nitrogen and oxygen atoms in total. The second kappa shape index (κ2) is 11.6. The molecule has 0 aliphatic carbocycles. The van der Waals surface area contributed by atoms with Crippen LogP contribution in [0.4, 0.5) is 0 Å². The molecule has 9 aromatic carbocycles. The van der Waals surface area contributed by atoms with Crippen molar-refractivity contribution in [1.82, 2.24) is 4.57 Å². The minimum Gasteiger partial charge on any atom is -0.455 e. The van der Waals surface area contributed by atoms with Gasteiger partial charge in [0.05, 0.1) is 16.4 Å². The van der Waals surface area contributed by atoms with Crippen LogP contribution in [-0.4, -0.2) is 4.57 Å². The van der Waals surface area contributed by atoms with Crippen LogP contribution < -0.4 is 0 Å². The van der Waals surface area contributed by atoms with Crippen LogP contribution in [0.2, 0.25) is 0 Å². The fourth-order valence-corrected chi connectivity index (χ4v) is 9.17. The summed E-state index contributed by atoms with van der Waals surface area (Å²) in [7, 11) is 0. The highest BCUT2D eigenvalue weighted by Crippen LogP contribution is 2.52. The van der Waals surface area contributed by atoms with Gasteiger partial charge in [0.25, 0.3) is 0 Å². The van der Waals surface area contributed by atoms with E-state index in [9.17, 15) is 0 Å². The average molecular weight is 702 g/mol. The molecule has 0 saturated carbocycles. The van der Waals surface area contributed by atoms with E-state index in [0.717, 1.165) is 71.8 Å². The van der Waals surface area contributed by atoms with Crippen LogP contribution in [0, 0.1) is 0 Å². The van der Waals surface area contributed by atoms with Gasteiger partial charge in [0.15, 0.2) is 0 Å². The quantitative estimate of drug-likeness (QED) is 0.171. The van der Waals surface area contributed by atoms with Gasteiger partial charge in [0, 0.05) is 43.9 Å². The smallest absolute Gasteiger partial charge is 0.147 e. The highest BCUT2D eigenvalue weighted by Gasteiger charge is 2.27. The molecular weight excluding hydrogens is 671 g/mol. The van der Waals surface area contributed by atoms with E-state index in [1.807, 2.05) is 12.1 Å². The maximum Gasteiger partial charge on any atom is 0.147 e. The van der Waals surface area contributed by atoms with E-state index >= 15 is 0 Å². The van der Waals surface area contributed by atoms with Crippen molar-refractivity contribution in [3.8, 4) is 39.3 Å². The second-order valence-corrected chi connectivity index (χ2v) is 14.3. The molecule has 0 bridgehead atoms. The summed E-state index contributed by atoms with van der Waals surface area (Å²) in [4.78, 5) is 0. The Labute approximate surface area is 315 Å². The predicted octanol–water partition coefficient (Wildman–Crippen LogP) is 14.7. The number of benzene rings is 9. The molecule has 3 heteroatoms. The zero-order valence-corrected chi connectivity index (χ0v) is 29.7. The SMILES string of the molecule is c1ccc(-c2oc3ccc4c5ccccc5oc4c3c2-c2c3ccccc3c(-c3cccc4c3c3ccccc3n4-c3ccccc3)c3ccccc23)cc1. The first kappa shape index (κ1) is 30.1. The minimum absolute atomic E-state index is 0.802. The van der Waals surface area contributed by atoms with Gasteiger partial charge in [-0.1, -0.05) is 146 Å². The Hall–Kier alpha value is -7.36. The van der Waals surface area contributed by atoms with Gasteiger partial charge in [-0.15, -0.1) is 0 Å². The molecule has 0 amide bonds. The van der Waals surface area contributed by atoms with Crippen LogP contribution in [0.5, 0.6) is 0 Å². The third-order valence-corrected chi connectivity index (χ3v) is 11.4. The standard InChI is InChI=1S/C52H31NO2/c1-3-16-32(17-4-1)51-50(49-45(55-51)31-30-39-34-20-12-14-29-44(34)54-52(39)49)48-37-23-9-7-21-35(37)46(36-22-8-10-24-38(36)48)41-26-15-28-43-47(41)40-25-11-13-27-42(40)53(43)33-18-5-2-6-19-33/h1-31H. The van der Waals surface area contributed by atoms with E-state index in [1.165, 1.54) is 43.7 Å². The number of para-hydroxylation sites is 3. The summed E-state index contributed by atoms with van der Waals surface area (Å²) in [5, 5.41) is 10.3. The summed E-state index contributed by atoms with van der Waals surface area (Å²) in [6.45, 7) is 0. The van der Waals surface area contributed by atoms with E-state index in [2.05, 4.69) is 180 Å². The van der Waals surface area contributed by atoms with E-state index in [4.69, 9.17) is 8.83 Å². The molecule has 3 heterocycles. The van der Waals surface area contributed by atoms with Gasteiger partial charge in [-0.2, -0.15) is 0 Å². The summed E-state index contributed by atoms with van der Waals surface area (Å²) in [5.74, 6) is 0.833. The van der Waals surface area contributed by atoms with E-state index < -0.39 is 0 Å². The molecule has 0 aliphatic rings. The highest BCUT2D eigenvalue weighted by molar-refractivity contribution is 6.30. The predicted molar refractivity (Wildman–Crippen MR) is 229 cm³/mol. The first-order valence-electron chi connectivity index (χ1n) is 18.8.